The molecule has 0 aliphatic heterocycles. The molecule has 2 rings (SSSR count). The lowest BCUT2D eigenvalue weighted by molar-refractivity contribution is 0.338. The zero-order chi connectivity index (χ0) is 10.8. The molecule has 1 heterocycles. The molecule has 1 aromatic rings. The largest absolute Gasteiger partial charge is 0.344 e. The second kappa shape index (κ2) is 4.95. The number of alkyl halides is 1. The maximum atomic E-state index is 4.30. The van der Waals surface area contributed by atoms with Gasteiger partial charge in [-0.05, 0) is 41.4 Å². The number of nitrogens with zero attached hydrogens (tertiary/aromatic N) is 3. The summed E-state index contributed by atoms with van der Waals surface area (Å²) in [5, 5.41) is 0. The molecule has 0 amide bonds. The highest BCUT2D eigenvalue weighted by Crippen LogP contribution is 2.33. The average Bonchev–Trinajstić information content (AvgIpc) is 2.16. The Hall–Kier alpha value is 0.0900. The van der Waals surface area contributed by atoms with E-state index in [1.807, 2.05) is 12.4 Å². The molecule has 1 aliphatic rings. The van der Waals surface area contributed by atoms with E-state index in [0.717, 1.165) is 26.8 Å². The van der Waals surface area contributed by atoms with Gasteiger partial charge in [-0.15, -0.1) is 0 Å². The summed E-state index contributed by atoms with van der Waals surface area (Å²) in [7, 11) is 2.06. The van der Waals surface area contributed by atoms with E-state index in [0.29, 0.717) is 0 Å². The van der Waals surface area contributed by atoms with Gasteiger partial charge in [0, 0.05) is 34.4 Å². The number of hydrogen-bond acceptors (Lipinski definition) is 3. The number of rotatable bonds is 3. The van der Waals surface area contributed by atoms with Crippen LogP contribution < -0.4 is 4.90 Å². The molecular formula is C10H13BrIN3. The van der Waals surface area contributed by atoms with Gasteiger partial charge < -0.3 is 4.90 Å². The second-order valence-corrected chi connectivity index (χ2v) is 6.56. The van der Waals surface area contributed by atoms with Crippen molar-refractivity contribution in [2.75, 3.05) is 18.5 Å². The Morgan fingerprint density at radius 3 is 2.60 bits per heavy atom. The highest BCUT2D eigenvalue weighted by molar-refractivity contribution is 14.1. The van der Waals surface area contributed by atoms with Crippen LogP contribution in [0.4, 0.5) is 5.95 Å². The van der Waals surface area contributed by atoms with Crippen LogP contribution in [0.2, 0.25) is 0 Å². The molecule has 1 aromatic heterocycles. The number of aromatic nitrogens is 2. The van der Waals surface area contributed by atoms with Gasteiger partial charge in [-0.1, -0.05) is 15.9 Å². The fraction of sp³-hybridized carbons (Fsp3) is 0.600. The van der Waals surface area contributed by atoms with Gasteiger partial charge in [-0.2, -0.15) is 0 Å². The van der Waals surface area contributed by atoms with Gasteiger partial charge in [-0.25, -0.2) is 9.97 Å². The van der Waals surface area contributed by atoms with E-state index in [9.17, 15) is 0 Å². The van der Waals surface area contributed by atoms with Gasteiger partial charge in [0.15, 0.2) is 0 Å². The van der Waals surface area contributed by atoms with Crippen molar-refractivity contribution in [1.29, 1.82) is 0 Å². The van der Waals surface area contributed by atoms with E-state index in [-0.39, 0.29) is 0 Å². The van der Waals surface area contributed by atoms with E-state index >= 15 is 0 Å². The molecule has 0 spiro atoms. The maximum Gasteiger partial charge on any atom is 0.225 e. The molecule has 0 unspecified atom stereocenters. The van der Waals surface area contributed by atoms with Gasteiger partial charge in [0.1, 0.15) is 0 Å². The van der Waals surface area contributed by atoms with Crippen LogP contribution in [0, 0.1) is 9.49 Å². The Morgan fingerprint density at radius 1 is 1.47 bits per heavy atom. The Labute approximate surface area is 112 Å². The van der Waals surface area contributed by atoms with E-state index in [2.05, 4.69) is 60.4 Å². The Kier molecular flexibility index (Phi) is 3.82. The summed E-state index contributed by atoms with van der Waals surface area (Å²) in [6.45, 7) is 1.06. The summed E-state index contributed by atoms with van der Waals surface area (Å²) in [6, 6.07) is 0. The van der Waals surface area contributed by atoms with Crippen molar-refractivity contribution in [3.63, 3.8) is 0 Å². The maximum absolute atomic E-state index is 4.30. The minimum Gasteiger partial charge on any atom is -0.344 e. The summed E-state index contributed by atoms with van der Waals surface area (Å²) in [4.78, 5) is 11.5. The number of anilines is 1. The standard InChI is InChI=1S/C10H13BrIN3/c1-15(6-7-2-8(11)3-7)10-13-4-9(12)5-14-10/h4-5,7-8H,2-3,6H2,1H3. The van der Waals surface area contributed by atoms with Crippen LogP contribution >= 0.6 is 38.5 Å². The van der Waals surface area contributed by atoms with Gasteiger partial charge in [0.05, 0.1) is 0 Å². The van der Waals surface area contributed by atoms with Crippen LogP contribution in [0.1, 0.15) is 12.8 Å². The lowest BCUT2D eigenvalue weighted by atomic mass is 9.85. The molecule has 15 heavy (non-hydrogen) atoms. The second-order valence-electron chi connectivity index (χ2n) is 4.02. The van der Waals surface area contributed by atoms with Crippen molar-refractivity contribution < 1.29 is 0 Å². The molecule has 0 aromatic carbocycles. The molecule has 0 atom stereocenters. The summed E-state index contributed by atoms with van der Waals surface area (Å²) in [5.41, 5.74) is 0. The van der Waals surface area contributed by atoms with E-state index < -0.39 is 0 Å². The van der Waals surface area contributed by atoms with Crippen LogP contribution in [0.3, 0.4) is 0 Å². The zero-order valence-electron chi connectivity index (χ0n) is 8.53. The highest BCUT2D eigenvalue weighted by atomic mass is 127. The van der Waals surface area contributed by atoms with Crippen molar-refractivity contribution in [3.8, 4) is 0 Å². The smallest absolute Gasteiger partial charge is 0.225 e. The molecular weight excluding hydrogens is 369 g/mol. The SMILES string of the molecule is CN(CC1CC(Br)C1)c1ncc(I)cn1. The predicted octanol–water partition coefficient (Wildman–Crippen LogP) is 2.69. The third-order valence-corrected chi connectivity index (χ3v) is 3.96. The first-order chi connectivity index (χ1) is 7.15. The third-order valence-electron chi connectivity index (χ3n) is 2.66. The van der Waals surface area contributed by atoms with Crippen LogP contribution in [0.5, 0.6) is 0 Å². The fourth-order valence-corrected chi connectivity index (χ4v) is 3.11. The van der Waals surface area contributed by atoms with Gasteiger partial charge in [-0.3, -0.25) is 0 Å². The molecule has 0 N–H and O–H groups in total. The molecule has 0 saturated heterocycles. The lowest BCUT2D eigenvalue weighted by Gasteiger charge is -2.34. The van der Waals surface area contributed by atoms with Crippen molar-refractivity contribution in [2.45, 2.75) is 17.7 Å². The van der Waals surface area contributed by atoms with Gasteiger partial charge in [0.2, 0.25) is 5.95 Å². The average molecular weight is 382 g/mol. The molecule has 1 fully saturated rings. The topological polar surface area (TPSA) is 29.0 Å². The van der Waals surface area contributed by atoms with Crippen LogP contribution in [0.15, 0.2) is 12.4 Å². The normalized spacial score (nSPS) is 24.7. The monoisotopic (exact) mass is 381 g/mol. The Morgan fingerprint density at radius 2 is 2.07 bits per heavy atom. The molecule has 1 aliphatic carbocycles. The first-order valence-electron chi connectivity index (χ1n) is 4.98. The summed E-state index contributed by atoms with van der Waals surface area (Å²) < 4.78 is 1.08. The highest BCUT2D eigenvalue weighted by Gasteiger charge is 2.28. The summed E-state index contributed by atoms with van der Waals surface area (Å²) in [5.74, 6) is 1.62. The Balaban J connectivity index is 1.90. The third kappa shape index (κ3) is 3.03. The van der Waals surface area contributed by atoms with Crippen molar-refractivity contribution in [3.05, 3.63) is 16.0 Å². The minimum absolute atomic E-state index is 0.730. The molecule has 1 saturated carbocycles. The van der Waals surface area contributed by atoms with Crippen LogP contribution in [-0.2, 0) is 0 Å². The molecule has 3 nitrogen and oxygen atoms in total. The molecule has 0 bridgehead atoms. The zero-order valence-corrected chi connectivity index (χ0v) is 12.3. The molecule has 5 heteroatoms. The van der Waals surface area contributed by atoms with E-state index in [1.165, 1.54) is 12.8 Å². The Bertz CT molecular complexity index is 324. The van der Waals surface area contributed by atoms with E-state index in [1.54, 1.807) is 0 Å². The van der Waals surface area contributed by atoms with Crippen molar-refractivity contribution >= 4 is 44.5 Å². The summed E-state index contributed by atoms with van der Waals surface area (Å²) >= 11 is 5.82. The molecule has 82 valence electrons. The first kappa shape index (κ1) is 11.6. The predicted molar refractivity (Wildman–Crippen MR) is 73.5 cm³/mol. The van der Waals surface area contributed by atoms with Gasteiger partial charge >= 0.3 is 0 Å². The van der Waals surface area contributed by atoms with Gasteiger partial charge in [0.25, 0.3) is 0 Å². The summed E-state index contributed by atoms with van der Waals surface area (Å²) in [6.07, 6.45) is 6.25. The minimum atomic E-state index is 0.730. The molecule has 0 radical (unpaired) electrons. The van der Waals surface area contributed by atoms with Crippen molar-refractivity contribution in [2.24, 2.45) is 5.92 Å². The lowest BCUT2D eigenvalue weighted by Crippen LogP contribution is -2.35. The van der Waals surface area contributed by atoms with Crippen molar-refractivity contribution in [1.82, 2.24) is 9.97 Å². The quantitative estimate of drug-likeness (QED) is 0.595. The number of hydrogen-bond donors (Lipinski definition) is 0. The van der Waals surface area contributed by atoms with Crippen LogP contribution in [-0.4, -0.2) is 28.4 Å². The fourth-order valence-electron chi connectivity index (χ4n) is 1.77. The number of halogens is 2. The first-order valence-corrected chi connectivity index (χ1v) is 6.97. The van der Waals surface area contributed by atoms with Crippen LogP contribution in [0.25, 0.3) is 0 Å². The van der Waals surface area contributed by atoms with E-state index in [4.69, 9.17) is 0 Å².